The standard InChI is InChI=1S/C7H6N3O.Y/c1-5-4-10-3-2-8-6(10)7(11)9-5;/h3-4H,1H3,(H,9,11);/q-1;. The van der Waals surface area contributed by atoms with Gasteiger partial charge in [-0.05, 0) is 6.92 Å². The van der Waals surface area contributed by atoms with Crippen LogP contribution in [-0.4, -0.2) is 14.4 Å². The molecule has 0 amide bonds. The van der Waals surface area contributed by atoms with Gasteiger partial charge in [-0.15, -0.1) is 6.20 Å². The van der Waals surface area contributed by atoms with Crippen molar-refractivity contribution in [1.29, 1.82) is 0 Å². The molecule has 0 unspecified atom stereocenters. The largest absolute Gasteiger partial charge is 0.431 e. The van der Waals surface area contributed by atoms with E-state index in [1.165, 1.54) is 0 Å². The van der Waals surface area contributed by atoms with Crippen molar-refractivity contribution in [3.05, 3.63) is 34.6 Å². The summed E-state index contributed by atoms with van der Waals surface area (Å²) in [6, 6.07) is 0. The van der Waals surface area contributed by atoms with Crippen molar-refractivity contribution < 1.29 is 32.7 Å². The maximum Gasteiger partial charge on any atom is 0.207 e. The molecule has 0 fully saturated rings. The summed E-state index contributed by atoms with van der Waals surface area (Å²) in [5, 5.41) is 0. The van der Waals surface area contributed by atoms with Crippen LogP contribution in [0.3, 0.4) is 0 Å². The van der Waals surface area contributed by atoms with Gasteiger partial charge >= 0.3 is 0 Å². The Morgan fingerprint density at radius 1 is 1.67 bits per heavy atom. The Morgan fingerprint density at radius 3 is 3.17 bits per heavy atom. The summed E-state index contributed by atoms with van der Waals surface area (Å²) in [6.07, 6.45) is 6.01. The van der Waals surface area contributed by atoms with E-state index in [4.69, 9.17) is 0 Å². The van der Waals surface area contributed by atoms with Crippen LogP contribution in [0, 0.1) is 13.1 Å². The van der Waals surface area contributed by atoms with E-state index in [-0.39, 0.29) is 38.3 Å². The fourth-order valence-corrected chi connectivity index (χ4v) is 1.01. The van der Waals surface area contributed by atoms with Crippen LogP contribution in [0.2, 0.25) is 0 Å². The molecule has 12 heavy (non-hydrogen) atoms. The number of imidazole rings is 1. The maximum absolute atomic E-state index is 11.1. The van der Waals surface area contributed by atoms with Crippen LogP contribution in [0.4, 0.5) is 0 Å². The monoisotopic (exact) mass is 237 g/mol. The van der Waals surface area contributed by atoms with Crippen molar-refractivity contribution in [2.75, 3.05) is 0 Å². The molecule has 2 aromatic rings. The molecule has 1 N–H and O–H groups in total. The molecule has 0 bridgehead atoms. The van der Waals surface area contributed by atoms with Crippen LogP contribution in [0.5, 0.6) is 0 Å². The van der Waals surface area contributed by atoms with Gasteiger partial charge in [0.1, 0.15) is 0 Å². The molecule has 0 saturated carbocycles. The van der Waals surface area contributed by atoms with E-state index in [2.05, 4.69) is 16.2 Å². The number of aryl methyl sites for hydroxylation is 1. The Labute approximate surface area is 93.9 Å². The predicted molar refractivity (Wildman–Crippen MR) is 39.4 cm³/mol. The number of hydrogen-bond donors (Lipinski definition) is 1. The summed E-state index contributed by atoms with van der Waals surface area (Å²) in [4.78, 5) is 17.5. The minimum atomic E-state index is -0.175. The van der Waals surface area contributed by atoms with E-state index in [1.54, 1.807) is 16.8 Å². The fourth-order valence-electron chi connectivity index (χ4n) is 1.01. The van der Waals surface area contributed by atoms with Gasteiger partial charge in [0, 0.05) is 50.2 Å². The molecule has 4 nitrogen and oxygen atoms in total. The number of H-pyrrole nitrogens is 1. The van der Waals surface area contributed by atoms with Gasteiger partial charge in [-0.1, -0.05) is 6.20 Å². The summed E-state index contributed by atoms with van der Waals surface area (Å²) >= 11 is 0. The summed E-state index contributed by atoms with van der Waals surface area (Å²) in [6.45, 7) is 1.82. The number of aromatic nitrogens is 3. The number of hydrogen-bond acceptors (Lipinski definition) is 2. The molecule has 0 aliphatic heterocycles. The number of fused-ring (bicyclic) bond motifs is 1. The summed E-state index contributed by atoms with van der Waals surface area (Å²) < 4.78 is 1.65. The van der Waals surface area contributed by atoms with Crippen LogP contribution in [0.25, 0.3) is 5.65 Å². The van der Waals surface area contributed by atoms with E-state index < -0.39 is 0 Å². The Bertz CT molecular complexity index is 445. The van der Waals surface area contributed by atoms with E-state index in [0.717, 1.165) is 5.69 Å². The average molecular weight is 237 g/mol. The molecular weight excluding hydrogens is 231 g/mol. The van der Waals surface area contributed by atoms with Crippen molar-refractivity contribution >= 4 is 5.65 Å². The fraction of sp³-hybridized carbons (Fsp3) is 0.143. The van der Waals surface area contributed by atoms with Crippen LogP contribution < -0.4 is 5.56 Å². The van der Waals surface area contributed by atoms with Crippen LogP contribution >= 0.6 is 0 Å². The second-order valence-corrected chi connectivity index (χ2v) is 2.37. The first-order valence-corrected chi connectivity index (χ1v) is 3.22. The minimum Gasteiger partial charge on any atom is -0.431 e. The van der Waals surface area contributed by atoms with Crippen LogP contribution in [0.1, 0.15) is 5.69 Å². The topological polar surface area (TPSA) is 50.2 Å². The first-order valence-electron chi connectivity index (χ1n) is 3.22. The second kappa shape index (κ2) is 3.50. The number of aromatic amines is 1. The smallest absolute Gasteiger partial charge is 0.207 e. The Balaban J connectivity index is 0.000000720. The number of rotatable bonds is 0. The molecule has 1 radical (unpaired) electrons. The van der Waals surface area contributed by atoms with Crippen molar-refractivity contribution in [3.8, 4) is 0 Å². The van der Waals surface area contributed by atoms with Crippen molar-refractivity contribution in [2.24, 2.45) is 0 Å². The third kappa shape index (κ3) is 1.49. The molecule has 0 aliphatic carbocycles. The summed E-state index contributed by atoms with van der Waals surface area (Å²) in [5.41, 5.74) is 1.02. The van der Waals surface area contributed by atoms with Crippen molar-refractivity contribution in [1.82, 2.24) is 14.4 Å². The number of nitrogens with one attached hydrogen (secondary N) is 1. The molecule has 0 aliphatic rings. The van der Waals surface area contributed by atoms with Gasteiger partial charge in [0.05, 0.1) is 0 Å². The van der Waals surface area contributed by atoms with Crippen molar-refractivity contribution in [3.63, 3.8) is 0 Å². The molecular formula is C7H6N3OY-. The first kappa shape index (κ1) is 9.61. The van der Waals surface area contributed by atoms with Gasteiger partial charge in [0.25, 0.3) is 0 Å². The van der Waals surface area contributed by atoms with Crippen molar-refractivity contribution in [2.45, 2.75) is 6.92 Å². The minimum absolute atomic E-state index is 0. The number of nitrogens with zero attached hydrogens (tertiary/aromatic N) is 2. The van der Waals surface area contributed by atoms with Crippen LogP contribution in [-0.2, 0) is 32.7 Å². The molecule has 2 heterocycles. The SMILES string of the molecule is Cc1cn2c[c-]nc2c(=O)[nH]1.[Y]. The third-order valence-corrected chi connectivity index (χ3v) is 1.46. The van der Waals surface area contributed by atoms with Gasteiger partial charge in [-0.3, -0.25) is 4.79 Å². The van der Waals surface area contributed by atoms with E-state index in [9.17, 15) is 4.79 Å². The van der Waals surface area contributed by atoms with Gasteiger partial charge < -0.3 is 14.4 Å². The molecule has 5 heteroatoms. The normalized spacial score (nSPS) is 9.75. The van der Waals surface area contributed by atoms with Gasteiger partial charge in [-0.2, -0.15) is 0 Å². The van der Waals surface area contributed by atoms with Crippen LogP contribution in [0.15, 0.2) is 17.2 Å². The van der Waals surface area contributed by atoms with E-state index in [1.807, 2.05) is 6.92 Å². The molecule has 2 aromatic heterocycles. The molecule has 0 aromatic carbocycles. The molecule has 0 saturated heterocycles. The molecule has 0 spiro atoms. The third-order valence-electron chi connectivity index (χ3n) is 1.46. The summed E-state index contributed by atoms with van der Waals surface area (Å²) in [5.74, 6) is 0. The molecule has 59 valence electrons. The average Bonchev–Trinajstić information content (AvgIpc) is 2.34. The maximum atomic E-state index is 11.1. The first-order chi connectivity index (χ1) is 5.27. The van der Waals surface area contributed by atoms with E-state index in [0.29, 0.717) is 5.65 Å². The molecule has 0 atom stereocenters. The van der Waals surface area contributed by atoms with E-state index >= 15 is 0 Å². The van der Waals surface area contributed by atoms with Gasteiger partial charge in [-0.25, -0.2) is 0 Å². The Hall–Kier alpha value is -0.476. The zero-order valence-corrected chi connectivity index (χ0v) is 9.37. The Morgan fingerprint density at radius 2 is 2.42 bits per heavy atom. The Kier molecular flexibility index (Phi) is 2.80. The zero-order chi connectivity index (χ0) is 7.84. The second-order valence-electron chi connectivity index (χ2n) is 2.37. The quantitative estimate of drug-likeness (QED) is 0.662. The zero-order valence-electron chi connectivity index (χ0n) is 6.53. The predicted octanol–water partition coefficient (Wildman–Crippen LogP) is 0.129. The van der Waals surface area contributed by atoms with Gasteiger partial charge in [0.15, 0.2) is 0 Å². The molecule has 2 rings (SSSR count). The van der Waals surface area contributed by atoms with Gasteiger partial charge in [0.2, 0.25) is 5.56 Å². The summed E-state index contributed by atoms with van der Waals surface area (Å²) in [7, 11) is 0.